The minimum absolute atomic E-state index is 0.0338. The molecule has 0 spiro atoms. The van der Waals surface area contributed by atoms with Gasteiger partial charge in [-0.3, -0.25) is 0 Å². The van der Waals surface area contributed by atoms with Gasteiger partial charge in [0.05, 0.1) is 6.04 Å². The van der Waals surface area contributed by atoms with E-state index in [0.29, 0.717) is 0 Å². The Morgan fingerprint density at radius 2 is 2.13 bits per heavy atom. The van der Waals surface area contributed by atoms with Crippen molar-refractivity contribution in [2.75, 3.05) is 13.1 Å². The monoisotopic (exact) mass is 310 g/mol. The predicted molar refractivity (Wildman–Crippen MR) is 88.1 cm³/mol. The van der Waals surface area contributed by atoms with Crippen LogP contribution in [0.3, 0.4) is 0 Å². The van der Waals surface area contributed by atoms with Crippen LogP contribution in [0, 0.1) is 0 Å². The summed E-state index contributed by atoms with van der Waals surface area (Å²) in [6, 6.07) is 10.6. The fraction of sp³-hybridized carbons (Fsp3) is 0.444. The van der Waals surface area contributed by atoms with Crippen LogP contribution < -0.4 is 5.32 Å². The number of carbonyl (C=O) groups is 1. The molecule has 1 unspecified atom stereocenters. The van der Waals surface area contributed by atoms with E-state index in [0.717, 1.165) is 38.3 Å². The van der Waals surface area contributed by atoms with Gasteiger partial charge in [-0.05, 0) is 18.4 Å². The van der Waals surface area contributed by atoms with Crippen molar-refractivity contribution in [1.82, 2.24) is 19.8 Å². The van der Waals surface area contributed by atoms with E-state index in [1.165, 1.54) is 5.56 Å². The zero-order valence-electron chi connectivity index (χ0n) is 13.4. The Morgan fingerprint density at radius 1 is 1.35 bits per heavy atom. The van der Waals surface area contributed by atoms with Crippen molar-refractivity contribution in [3.63, 3.8) is 0 Å². The lowest BCUT2D eigenvalue weighted by Crippen LogP contribution is -2.63. The first kappa shape index (κ1) is 14.3. The molecule has 0 saturated carbocycles. The zero-order valence-corrected chi connectivity index (χ0v) is 13.4. The van der Waals surface area contributed by atoms with Gasteiger partial charge < -0.3 is 14.8 Å². The number of benzene rings is 1. The SMILES string of the molecule is CCC1(c2ccccc2)CN(C(=O)NC2CCn3ccnc32)C1. The largest absolute Gasteiger partial charge is 0.333 e. The quantitative estimate of drug-likeness (QED) is 0.947. The number of nitrogens with zero attached hydrogens (tertiary/aromatic N) is 3. The summed E-state index contributed by atoms with van der Waals surface area (Å²) in [4.78, 5) is 18.8. The number of imidazole rings is 1. The summed E-state index contributed by atoms with van der Waals surface area (Å²) in [5.41, 5.74) is 1.45. The van der Waals surface area contributed by atoms with Crippen LogP contribution in [0.5, 0.6) is 0 Å². The van der Waals surface area contributed by atoms with Crippen LogP contribution in [0.25, 0.3) is 0 Å². The smallest absolute Gasteiger partial charge is 0.318 e. The number of hydrogen-bond donors (Lipinski definition) is 1. The van der Waals surface area contributed by atoms with E-state index in [2.05, 4.69) is 46.1 Å². The van der Waals surface area contributed by atoms with Crippen LogP contribution >= 0.6 is 0 Å². The average molecular weight is 310 g/mol. The molecule has 2 aliphatic heterocycles. The van der Waals surface area contributed by atoms with E-state index in [4.69, 9.17) is 0 Å². The highest BCUT2D eigenvalue weighted by atomic mass is 16.2. The maximum atomic E-state index is 12.5. The van der Waals surface area contributed by atoms with Gasteiger partial charge in [-0.15, -0.1) is 0 Å². The van der Waals surface area contributed by atoms with Crippen molar-refractivity contribution >= 4 is 6.03 Å². The minimum Gasteiger partial charge on any atom is -0.333 e. The highest BCUT2D eigenvalue weighted by Gasteiger charge is 2.45. The van der Waals surface area contributed by atoms with Gasteiger partial charge >= 0.3 is 6.03 Å². The van der Waals surface area contributed by atoms with E-state index in [9.17, 15) is 4.79 Å². The predicted octanol–water partition coefficient (Wildman–Crippen LogP) is 2.70. The molecular formula is C18H22N4O. The molecule has 0 aliphatic carbocycles. The summed E-state index contributed by atoms with van der Waals surface area (Å²) in [5.74, 6) is 0.976. The lowest BCUT2D eigenvalue weighted by Gasteiger charge is -2.50. The van der Waals surface area contributed by atoms with Gasteiger partial charge in [0.2, 0.25) is 0 Å². The Bertz CT molecular complexity index is 703. The number of rotatable bonds is 3. The highest BCUT2D eigenvalue weighted by Crippen LogP contribution is 2.37. The molecule has 1 aromatic carbocycles. The number of nitrogens with one attached hydrogen (secondary N) is 1. The summed E-state index contributed by atoms with van der Waals surface area (Å²) < 4.78 is 2.11. The second-order valence-corrected chi connectivity index (χ2v) is 6.63. The molecule has 2 aromatic rings. The number of hydrogen-bond acceptors (Lipinski definition) is 2. The van der Waals surface area contributed by atoms with Crippen LogP contribution in [-0.2, 0) is 12.0 Å². The van der Waals surface area contributed by atoms with Crippen molar-refractivity contribution in [3.8, 4) is 0 Å². The van der Waals surface area contributed by atoms with Crippen molar-refractivity contribution in [1.29, 1.82) is 0 Å². The Kier molecular flexibility index (Phi) is 3.36. The topological polar surface area (TPSA) is 50.2 Å². The molecule has 1 atom stereocenters. The van der Waals surface area contributed by atoms with Crippen LogP contribution in [0.1, 0.15) is 37.2 Å². The number of amides is 2. The molecule has 1 aromatic heterocycles. The molecule has 4 rings (SSSR count). The molecule has 1 saturated heterocycles. The third-order valence-electron chi connectivity index (χ3n) is 5.35. The molecule has 5 nitrogen and oxygen atoms in total. The first-order valence-electron chi connectivity index (χ1n) is 8.34. The molecule has 1 N–H and O–H groups in total. The van der Waals surface area contributed by atoms with E-state index in [-0.39, 0.29) is 17.5 Å². The first-order valence-corrected chi connectivity index (χ1v) is 8.34. The van der Waals surface area contributed by atoms with E-state index >= 15 is 0 Å². The zero-order chi connectivity index (χ0) is 15.9. The number of fused-ring (bicyclic) bond motifs is 1. The van der Waals surface area contributed by atoms with Crippen LogP contribution in [0.15, 0.2) is 42.7 Å². The van der Waals surface area contributed by atoms with Crippen LogP contribution in [0.2, 0.25) is 0 Å². The molecule has 1 fully saturated rings. The summed E-state index contributed by atoms with van der Waals surface area (Å²) in [6.07, 6.45) is 5.76. The summed E-state index contributed by atoms with van der Waals surface area (Å²) in [7, 11) is 0. The number of aryl methyl sites for hydroxylation is 1. The normalized spacial score (nSPS) is 21.6. The van der Waals surface area contributed by atoms with E-state index in [1.807, 2.05) is 17.2 Å². The second kappa shape index (κ2) is 5.41. The molecule has 5 heteroatoms. The van der Waals surface area contributed by atoms with Gasteiger partial charge in [-0.1, -0.05) is 37.3 Å². The first-order chi connectivity index (χ1) is 11.2. The third kappa shape index (κ3) is 2.31. The average Bonchev–Trinajstić information content (AvgIpc) is 3.13. The summed E-state index contributed by atoms with van der Waals surface area (Å²) in [6.45, 7) is 4.72. The van der Waals surface area contributed by atoms with E-state index in [1.54, 1.807) is 6.20 Å². The molecule has 0 radical (unpaired) electrons. The van der Waals surface area contributed by atoms with Gasteiger partial charge in [0.25, 0.3) is 0 Å². The molecule has 120 valence electrons. The number of urea groups is 1. The maximum Gasteiger partial charge on any atom is 0.318 e. The lowest BCUT2D eigenvalue weighted by atomic mass is 9.72. The van der Waals surface area contributed by atoms with Gasteiger partial charge in [0.15, 0.2) is 0 Å². The maximum absolute atomic E-state index is 12.5. The van der Waals surface area contributed by atoms with Crippen LogP contribution in [-0.4, -0.2) is 33.6 Å². The fourth-order valence-electron chi connectivity index (χ4n) is 3.82. The van der Waals surface area contributed by atoms with Crippen molar-refractivity contribution in [2.24, 2.45) is 0 Å². The Morgan fingerprint density at radius 3 is 2.87 bits per heavy atom. The third-order valence-corrected chi connectivity index (χ3v) is 5.35. The van der Waals surface area contributed by atoms with Gasteiger partial charge in [-0.2, -0.15) is 0 Å². The molecule has 2 aliphatic rings. The summed E-state index contributed by atoms with van der Waals surface area (Å²) in [5, 5.41) is 3.14. The minimum atomic E-state index is 0.0338. The van der Waals surface area contributed by atoms with E-state index < -0.39 is 0 Å². The van der Waals surface area contributed by atoms with Crippen molar-refractivity contribution in [3.05, 3.63) is 54.1 Å². The Balaban J connectivity index is 1.41. The van der Waals surface area contributed by atoms with Crippen molar-refractivity contribution in [2.45, 2.75) is 37.8 Å². The summed E-state index contributed by atoms with van der Waals surface area (Å²) >= 11 is 0. The number of carbonyl (C=O) groups excluding carboxylic acids is 1. The molecular weight excluding hydrogens is 288 g/mol. The number of aromatic nitrogens is 2. The highest BCUT2D eigenvalue weighted by molar-refractivity contribution is 5.76. The molecule has 3 heterocycles. The fourth-order valence-corrected chi connectivity index (χ4v) is 3.82. The second-order valence-electron chi connectivity index (χ2n) is 6.63. The Labute approximate surface area is 136 Å². The Hall–Kier alpha value is -2.30. The van der Waals surface area contributed by atoms with Gasteiger partial charge in [-0.25, -0.2) is 9.78 Å². The van der Waals surface area contributed by atoms with Crippen LogP contribution in [0.4, 0.5) is 4.79 Å². The molecule has 0 bridgehead atoms. The molecule has 2 amide bonds. The number of likely N-dealkylation sites (tertiary alicyclic amines) is 1. The standard InChI is InChI=1S/C18H22N4O/c1-2-18(14-6-4-3-5-7-14)12-22(13-18)17(23)20-15-8-10-21-11-9-19-16(15)21/h3-7,9,11,15H,2,8,10,12-13H2,1H3,(H,20,23). The molecule has 23 heavy (non-hydrogen) atoms. The van der Waals surface area contributed by atoms with Crippen molar-refractivity contribution < 1.29 is 4.79 Å². The lowest BCUT2D eigenvalue weighted by molar-refractivity contribution is 0.0865. The van der Waals surface area contributed by atoms with Gasteiger partial charge in [0, 0.05) is 37.4 Å². The van der Waals surface area contributed by atoms with Gasteiger partial charge in [0.1, 0.15) is 5.82 Å².